The minimum Gasteiger partial charge on any atom is -0.469 e. The van der Waals surface area contributed by atoms with E-state index in [0.717, 1.165) is 23.4 Å². The molecule has 4 rings (SSSR count). The van der Waals surface area contributed by atoms with Crippen LogP contribution < -0.4 is 15.5 Å². The highest BCUT2D eigenvalue weighted by Gasteiger charge is 2.29. The molecule has 8 nitrogen and oxygen atoms in total. The van der Waals surface area contributed by atoms with Gasteiger partial charge in [-0.25, -0.2) is 4.39 Å². The summed E-state index contributed by atoms with van der Waals surface area (Å²) in [6, 6.07) is 19.2. The number of esters is 1. The number of halogens is 1. The number of anilines is 3. The van der Waals surface area contributed by atoms with Crippen molar-refractivity contribution in [1.29, 1.82) is 0 Å². The summed E-state index contributed by atoms with van der Waals surface area (Å²) in [5.74, 6) is -1.12. The molecule has 208 valence electrons. The van der Waals surface area contributed by atoms with Gasteiger partial charge >= 0.3 is 5.97 Å². The van der Waals surface area contributed by atoms with Crippen LogP contribution in [-0.4, -0.2) is 57.0 Å². The number of likely N-dealkylation sites (N-methyl/N-ethyl adjacent to an activating group) is 1. The van der Waals surface area contributed by atoms with Crippen molar-refractivity contribution in [3.63, 3.8) is 0 Å². The number of fused-ring (bicyclic) bond motifs is 1. The highest BCUT2D eigenvalue weighted by molar-refractivity contribution is 6.37. The molecule has 0 atom stereocenters. The second kappa shape index (κ2) is 12.6. The minimum atomic E-state index is -0.440. The number of amides is 2. The number of carbonyl (C=O) groups excluding carboxylic acids is 3. The van der Waals surface area contributed by atoms with Crippen LogP contribution in [0, 0.1) is 5.82 Å². The zero-order valence-electron chi connectivity index (χ0n) is 23.1. The largest absolute Gasteiger partial charge is 0.469 e. The van der Waals surface area contributed by atoms with Crippen LogP contribution in [-0.2, 0) is 25.5 Å². The van der Waals surface area contributed by atoms with Crippen molar-refractivity contribution in [3.05, 3.63) is 89.2 Å². The topological polar surface area (TPSA) is 91.0 Å². The molecule has 40 heavy (non-hydrogen) atoms. The Bertz CT molecular complexity index is 1430. The summed E-state index contributed by atoms with van der Waals surface area (Å²) in [5.41, 5.74) is 5.09. The van der Waals surface area contributed by atoms with Crippen molar-refractivity contribution in [2.45, 2.75) is 19.8 Å². The molecule has 2 N–H and O–H groups in total. The quantitative estimate of drug-likeness (QED) is 0.282. The van der Waals surface area contributed by atoms with Gasteiger partial charge in [-0.2, -0.15) is 0 Å². The first-order valence-electron chi connectivity index (χ1n) is 13.0. The van der Waals surface area contributed by atoms with E-state index in [-0.39, 0.29) is 24.2 Å². The van der Waals surface area contributed by atoms with Crippen molar-refractivity contribution in [3.8, 4) is 0 Å². The summed E-state index contributed by atoms with van der Waals surface area (Å²) in [6.45, 7) is 2.82. The van der Waals surface area contributed by atoms with E-state index in [1.54, 1.807) is 11.0 Å². The summed E-state index contributed by atoms with van der Waals surface area (Å²) in [6.07, 6.45) is 0.790. The van der Waals surface area contributed by atoms with E-state index in [1.165, 1.54) is 26.2 Å². The molecule has 1 aliphatic rings. The molecule has 1 aliphatic heterocycles. The fourth-order valence-electron chi connectivity index (χ4n) is 4.50. The van der Waals surface area contributed by atoms with Crippen molar-refractivity contribution in [2.24, 2.45) is 0 Å². The first kappa shape index (κ1) is 28.5. The van der Waals surface area contributed by atoms with Gasteiger partial charge in [-0.15, -0.1) is 0 Å². The van der Waals surface area contributed by atoms with Gasteiger partial charge in [0.15, 0.2) is 0 Å². The van der Waals surface area contributed by atoms with Crippen LogP contribution >= 0.6 is 0 Å². The molecular formula is C31H33FN4O4. The Morgan fingerprint density at radius 1 is 0.975 bits per heavy atom. The van der Waals surface area contributed by atoms with E-state index in [2.05, 4.69) is 10.6 Å². The summed E-state index contributed by atoms with van der Waals surface area (Å²) < 4.78 is 18.6. The molecule has 0 fully saturated rings. The van der Waals surface area contributed by atoms with Gasteiger partial charge in [-0.3, -0.25) is 14.4 Å². The lowest BCUT2D eigenvalue weighted by molar-refractivity contribution is -0.140. The summed E-state index contributed by atoms with van der Waals surface area (Å²) in [7, 11) is 5.27. The van der Waals surface area contributed by atoms with E-state index in [9.17, 15) is 18.8 Å². The number of nitrogens with zero attached hydrogens (tertiary/aromatic N) is 2. The van der Waals surface area contributed by atoms with Crippen LogP contribution in [0.1, 0.15) is 30.0 Å². The zero-order chi connectivity index (χ0) is 28.8. The van der Waals surface area contributed by atoms with Crippen LogP contribution in [0.25, 0.3) is 11.3 Å². The average molecular weight is 545 g/mol. The number of carbonyl (C=O) groups is 3. The fraction of sp³-hybridized carbons (Fsp3) is 0.258. The normalized spacial score (nSPS) is 13.5. The molecule has 9 heteroatoms. The molecule has 0 bridgehead atoms. The molecule has 0 unspecified atom stereocenters. The standard InChI is InChI=1S/C31H33FN4O4/c1-20(37)36(18-17-35(2)3)25-13-11-24(12-14-25)33-30(22-8-5-21(6-9-22)7-16-28(38)40-4)29-26-15-10-23(32)19-27(26)34-31(29)39/h5-6,8-15,19,33H,7,16-18H2,1-4H3,(H,34,39)/b30-29-. The SMILES string of the molecule is COC(=O)CCc1ccc(/C(Nc2ccc(N(CCN(C)C)C(C)=O)cc2)=C2/C(=O)Nc3cc(F)ccc32)cc1. The molecule has 2 amide bonds. The van der Waals surface area contributed by atoms with Gasteiger partial charge in [0.25, 0.3) is 5.91 Å². The van der Waals surface area contributed by atoms with E-state index in [0.29, 0.717) is 41.2 Å². The van der Waals surface area contributed by atoms with Crippen LogP contribution in [0.4, 0.5) is 21.5 Å². The lowest BCUT2D eigenvalue weighted by atomic mass is 9.98. The second-order valence-corrected chi connectivity index (χ2v) is 9.81. The Labute approximate surface area is 233 Å². The second-order valence-electron chi connectivity index (χ2n) is 9.81. The summed E-state index contributed by atoms with van der Waals surface area (Å²) in [4.78, 5) is 40.7. The zero-order valence-corrected chi connectivity index (χ0v) is 23.1. The third kappa shape index (κ3) is 6.73. The van der Waals surface area contributed by atoms with Gasteiger partial charge in [0.2, 0.25) is 5.91 Å². The first-order chi connectivity index (χ1) is 19.2. The van der Waals surface area contributed by atoms with Crippen molar-refractivity contribution in [2.75, 3.05) is 49.8 Å². The van der Waals surface area contributed by atoms with E-state index >= 15 is 0 Å². The molecule has 0 saturated heterocycles. The fourth-order valence-corrected chi connectivity index (χ4v) is 4.50. The van der Waals surface area contributed by atoms with Crippen LogP contribution in [0.5, 0.6) is 0 Å². The van der Waals surface area contributed by atoms with Crippen molar-refractivity contribution >= 4 is 46.1 Å². The summed E-state index contributed by atoms with van der Waals surface area (Å²) in [5, 5.41) is 6.15. The number of hydrogen-bond donors (Lipinski definition) is 2. The lowest BCUT2D eigenvalue weighted by Crippen LogP contribution is -2.35. The Kier molecular flexibility index (Phi) is 8.96. The molecule has 0 saturated carbocycles. The Morgan fingerprint density at radius 2 is 1.68 bits per heavy atom. The van der Waals surface area contributed by atoms with Gasteiger partial charge in [0.1, 0.15) is 5.82 Å². The van der Waals surface area contributed by atoms with Gasteiger partial charge in [-0.1, -0.05) is 24.3 Å². The molecular weight excluding hydrogens is 511 g/mol. The smallest absolute Gasteiger partial charge is 0.305 e. The van der Waals surface area contributed by atoms with E-state index in [1.807, 2.05) is 67.5 Å². The Balaban J connectivity index is 1.69. The van der Waals surface area contributed by atoms with Gasteiger partial charge in [0, 0.05) is 43.4 Å². The maximum absolute atomic E-state index is 13.9. The van der Waals surface area contributed by atoms with E-state index in [4.69, 9.17) is 4.74 Å². The average Bonchev–Trinajstić information content (AvgIpc) is 3.25. The Hall–Kier alpha value is -4.50. The van der Waals surface area contributed by atoms with Gasteiger partial charge in [0.05, 0.1) is 24.1 Å². The molecule has 3 aromatic rings. The highest BCUT2D eigenvalue weighted by atomic mass is 19.1. The molecule has 3 aromatic carbocycles. The first-order valence-corrected chi connectivity index (χ1v) is 13.0. The number of ether oxygens (including phenoxy) is 1. The lowest BCUT2D eigenvalue weighted by Gasteiger charge is -2.23. The van der Waals surface area contributed by atoms with Crippen LogP contribution in [0.3, 0.4) is 0 Å². The van der Waals surface area contributed by atoms with Gasteiger partial charge < -0.3 is 25.2 Å². The minimum absolute atomic E-state index is 0.0517. The van der Waals surface area contributed by atoms with Crippen molar-refractivity contribution in [1.82, 2.24) is 4.90 Å². The summed E-state index contributed by atoms with van der Waals surface area (Å²) >= 11 is 0. The number of hydrogen-bond acceptors (Lipinski definition) is 6. The molecule has 0 radical (unpaired) electrons. The number of rotatable bonds is 10. The van der Waals surface area contributed by atoms with Crippen LogP contribution in [0.2, 0.25) is 0 Å². The predicted molar refractivity (Wildman–Crippen MR) is 155 cm³/mol. The number of benzene rings is 3. The number of methoxy groups -OCH3 is 1. The van der Waals surface area contributed by atoms with Gasteiger partial charge in [-0.05, 0) is 74.1 Å². The maximum Gasteiger partial charge on any atom is 0.305 e. The third-order valence-electron chi connectivity index (χ3n) is 6.66. The van der Waals surface area contributed by atoms with Crippen LogP contribution in [0.15, 0.2) is 66.7 Å². The highest BCUT2D eigenvalue weighted by Crippen LogP contribution is 2.38. The van der Waals surface area contributed by atoms with Crippen molar-refractivity contribution < 1.29 is 23.5 Å². The Morgan fingerprint density at radius 3 is 2.30 bits per heavy atom. The maximum atomic E-state index is 13.9. The monoisotopic (exact) mass is 544 g/mol. The molecule has 0 spiro atoms. The molecule has 0 aromatic heterocycles. The third-order valence-corrected chi connectivity index (χ3v) is 6.66. The number of aryl methyl sites for hydroxylation is 1. The van der Waals surface area contributed by atoms with E-state index < -0.39 is 5.82 Å². The number of nitrogens with one attached hydrogen (secondary N) is 2. The molecule has 0 aliphatic carbocycles. The predicted octanol–water partition coefficient (Wildman–Crippen LogP) is 4.78. The molecule has 1 heterocycles.